The van der Waals surface area contributed by atoms with Crippen LogP contribution in [0.2, 0.25) is 0 Å². The van der Waals surface area contributed by atoms with Crippen LogP contribution in [0.5, 0.6) is 0 Å². The van der Waals surface area contributed by atoms with Crippen LogP contribution in [0.25, 0.3) is 17.0 Å². The van der Waals surface area contributed by atoms with Crippen molar-refractivity contribution in [3.8, 4) is 0 Å². The van der Waals surface area contributed by atoms with Crippen LogP contribution in [-0.4, -0.2) is 21.6 Å². The number of aromatic nitrogens is 1. The number of halogens is 2. The maximum atomic E-state index is 14.8. The summed E-state index contributed by atoms with van der Waals surface area (Å²) in [5, 5.41) is 11.7. The van der Waals surface area contributed by atoms with Crippen molar-refractivity contribution in [3.05, 3.63) is 81.2 Å². The number of nitrogens with one attached hydrogen (secondary N) is 1. The van der Waals surface area contributed by atoms with E-state index in [1.54, 1.807) is 24.3 Å². The molecule has 4 rings (SSSR count). The van der Waals surface area contributed by atoms with E-state index in [-0.39, 0.29) is 22.5 Å². The number of benzene rings is 2. The average molecular weight is 424 g/mol. The average Bonchev–Trinajstić information content (AvgIpc) is 3.59. The maximum absolute atomic E-state index is 14.8. The topological polar surface area (TPSA) is 88.4 Å². The molecule has 6 nitrogen and oxygen atoms in total. The number of rotatable bonds is 5. The first kappa shape index (κ1) is 20.5. The van der Waals surface area contributed by atoms with Gasteiger partial charge in [-0.3, -0.25) is 9.59 Å². The van der Waals surface area contributed by atoms with Crippen molar-refractivity contribution in [2.45, 2.75) is 25.8 Å². The Morgan fingerprint density at radius 3 is 2.45 bits per heavy atom. The molecule has 0 aliphatic heterocycles. The van der Waals surface area contributed by atoms with Crippen molar-refractivity contribution in [2.75, 3.05) is 5.32 Å². The zero-order valence-electron chi connectivity index (χ0n) is 16.5. The highest BCUT2D eigenvalue weighted by Gasteiger charge is 2.31. The van der Waals surface area contributed by atoms with Gasteiger partial charge in [0.1, 0.15) is 5.56 Å². The quantitative estimate of drug-likeness (QED) is 0.599. The smallest absolute Gasteiger partial charge is 0.341 e. The van der Waals surface area contributed by atoms with Gasteiger partial charge < -0.3 is 15.0 Å². The Kier molecular flexibility index (Phi) is 5.14. The SMILES string of the molecule is Cc1c(F)c(F)c(NC(=O)C=Cc2ccccc2)c2cc(C(=O)O)c(=O)n(C3CC3)c12. The molecule has 2 N–H and O–H groups in total. The van der Waals surface area contributed by atoms with E-state index in [0.717, 1.165) is 17.7 Å². The highest BCUT2D eigenvalue weighted by Crippen LogP contribution is 2.40. The predicted octanol–water partition coefficient (Wildman–Crippen LogP) is 4.27. The van der Waals surface area contributed by atoms with Crippen LogP contribution >= 0.6 is 0 Å². The molecule has 1 amide bonds. The Labute approximate surface area is 175 Å². The summed E-state index contributed by atoms with van der Waals surface area (Å²) in [7, 11) is 0. The first-order chi connectivity index (χ1) is 14.8. The summed E-state index contributed by atoms with van der Waals surface area (Å²) < 4.78 is 30.8. The summed E-state index contributed by atoms with van der Waals surface area (Å²) in [6.45, 7) is 1.32. The first-order valence-electron chi connectivity index (χ1n) is 9.63. The number of carboxylic acids is 1. The second kappa shape index (κ2) is 7.79. The number of anilines is 1. The van der Waals surface area contributed by atoms with Crippen molar-refractivity contribution >= 4 is 34.5 Å². The lowest BCUT2D eigenvalue weighted by molar-refractivity contribution is -0.111. The van der Waals surface area contributed by atoms with Crippen molar-refractivity contribution in [1.29, 1.82) is 0 Å². The lowest BCUT2D eigenvalue weighted by Gasteiger charge is -2.18. The standard InChI is InChI=1S/C23H18F2N2O4/c1-12-18(24)19(25)20(26-17(28)10-7-13-5-3-2-4-6-13)15-11-16(23(30)31)22(29)27(21(12)15)14-8-9-14/h2-7,10-11,14H,8-9H2,1H3,(H,26,28)(H,30,31). The third-order valence-corrected chi connectivity index (χ3v) is 5.22. The zero-order chi connectivity index (χ0) is 22.3. The Hall–Kier alpha value is -3.81. The fourth-order valence-corrected chi connectivity index (χ4v) is 3.56. The minimum atomic E-state index is -1.48. The third kappa shape index (κ3) is 3.72. The van der Waals surface area contributed by atoms with Gasteiger partial charge in [0.05, 0.1) is 11.2 Å². The number of aromatic carboxylic acids is 1. The molecule has 0 spiro atoms. The molecule has 3 aromatic rings. The summed E-state index contributed by atoms with van der Waals surface area (Å²) in [6, 6.07) is 9.60. The van der Waals surface area contributed by atoms with E-state index in [9.17, 15) is 28.3 Å². The molecule has 158 valence electrons. The summed E-state index contributed by atoms with van der Waals surface area (Å²) in [4.78, 5) is 36.7. The highest BCUT2D eigenvalue weighted by atomic mass is 19.2. The molecule has 0 atom stereocenters. The van der Waals surface area contributed by atoms with Gasteiger partial charge in [0, 0.05) is 23.1 Å². The number of fused-ring (bicyclic) bond motifs is 1. The van der Waals surface area contributed by atoms with Gasteiger partial charge in [-0.25, -0.2) is 13.6 Å². The van der Waals surface area contributed by atoms with E-state index in [1.807, 2.05) is 6.07 Å². The number of amides is 1. The van der Waals surface area contributed by atoms with Gasteiger partial charge >= 0.3 is 5.97 Å². The Bertz CT molecular complexity index is 1310. The van der Waals surface area contributed by atoms with E-state index in [0.29, 0.717) is 12.8 Å². The predicted molar refractivity (Wildman–Crippen MR) is 112 cm³/mol. The fraction of sp³-hybridized carbons (Fsp3) is 0.174. The number of aryl methyl sites for hydroxylation is 1. The number of carbonyl (C=O) groups excluding carboxylic acids is 1. The molecule has 1 fully saturated rings. The third-order valence-electron chi connectivity index (χ3n) is 5.22. The molecule has 2 aromatic carbocycles. The van der Waals surface area contributed by atoms with Gasteiger partial charge in [-0.15, -0.1) is 0 Å². The lowest BCUT2D eigenvalue weighted by Crippen LogP contribution is -2.27. The van der Waals surface area contributed by atoms with E-state index in [4.69, 9.17) is 0 Å². The molecule has 0 unspecified atom stereocenters. The van der Waals surface area contributed by atoms with Gasteiger partial charge in [-0.05, 0) is 37.5 Å². The number of hydrogen-bond acceptors (Lipinski definition) is 3. The summed E-state index contributed by atoms with van der Waals surface area (Å²) in [5.41, 5.74) is -1.16. The van der Waals surface area contributed by atoms with Crippen molar-refractivity contribution in [2.24, 2.45) is 0 Å². The van der Waals surface area contributed by atoms with Gasteiger partial charge in [0.15, 0.2) is 11.6 Å². The lowest BCUT2D eigenvalue weighted by atomic mass is 10.0. The second-order valence-electron chi connectivity index (χ2n) is 7.39. The summed E-state index contributed by atoms with van der Waals surface area (Å²) in [5.74, 6) is -4.73. The van der Waals surface area contributed by atoms with Crippen molar-refractivity contribution in [1.82, 2.24) is 4.57 Å². The highest BCUT2D eigenvalue weighted by molar-refractivity contribution is 6.08. The van der Waals surface area contributed by atoms with Gasteiger partial charge in [0.25, 0.3) is 5.56 Å². The number of hydrogen-bond donors (Lipinski definition) is 2. The largest absolute Gasteiger partial charge is 0.477 e. The van der Waals surface area contributed by atoms with Crippen LogP contribution in [0.4, 0.5) is 14.5 Å². The van der Waals surface area contributed by atoms with E-state index in [2.05, 4.69) is 5.32 Å². The number of carbonyl (C=O) groups is 2. The normalized spacial score (nSPS) is 13.6. The van der Waals surface area contributed by atoms with Crippen molar-refractivity contribution < 1.29 is 23.5 Å². The molecule has 0 radical (unpaired) electrons. The zero-order valence-corrected chi connectivity index (χ0v) is 16.5. The van der Waals surface area contributed by atoms with Crippen LogP contribution < -0.4 is 10.9 Å². The minimum Gasteiger partial charge on any atom is -0.477 e. The molecule has 0 bridgehead atoms. The number of pyridine rings is 1. The summed E-state index contributed by atoms with van der Waals surface area (Å²) in [6.07, 6.45) is 3.91. The molecule has 0 saturated heterocycles. The Morgan fingerprint density at radius 2 is 1.84 bits per heavy atom. The maximum Gasteiger partial charge on any atom is 0.341 e. The van der Waals surface area contributed by atoms with Crippen LogP contribution in [-0.2, 0) is 4.79 Å². The van der Waals surface area contributed by atoms with E-state index >= 15 is 0 Å². The van der Waals surface area contributed by atoms with Crippen molar-refractivity contribution in [3.63, 3.8) is 0 Å². The summed E-state index contributed by atoms with van der Waals surface area (Å²) >= 11 is 0. The van der Waals surface area contributed by atoms with Gasteiger partial charge in [-0.1, -0.05) is 30.3 Å². The molecular formula is C23H18F2N2O4. The molecule has 8 heteroatoms. The van der Waals surface area contributed by atoms with Gasteiger partial charge in [-0.2, -0.15) is 0 Å². The Morgan fingerprint density at radius 1 is 1.16 bits per heavy atom. The van der Waals surface area contributed by atoms with E-state index < -0.39 is 40.3 Å². The molecule has 1 aromatic heterocycles. The molecule has 1 heterocycles. The monoisotopic (exact) mass is 424 g/mol. The molecular weight excluding hydrogens is 406 g/mol. The Balaban J connectivity index is 1.88. The molecule has 1 aliphatic rings. The molecule has 31 heavy (non-hydrogen) atoms. The van der Waals surface area contributed by atoms with Gasteiger partial charge in [0.2, 0.25) is 5.91 Å². The minimum absolute atomic E-state index is 0.0400. The number of nitrogens with zero attached hydrogens (tertiary/aromatic N) is 1. The van der Waals surface area contributed by atoms with Crippen LogP contribution in [0.1, 0.15) is 40.4 Å². The first-order valence-corrected chi connectivity index (χ1v) is 9.63. The van der Waals surface area contributed by atoms with Crippen LogP contribution in [0.3, 0.4) is 0 Å². The molecule has 1 saturated carbocycles. The molecule has 1 aliphatic carbocycles. The number of carboxylic acid groups (broad SMARTS) is 1. The van der Waals surface area contributed by atoms with Crippen LogP contribution in [0, 0.1) is 18.6 Å². The van der Waals surface area contributed by atoms with E-state index in [1.165, 1.54) is 17.6 Å². The second-order valence-corrected chi connectivity index (χ2v) is 7.39. The van der Waals surface area contributed by atoms with Crippen LogP contribution in [0.15, 0.2) is 47.3 Å². The fourth-order valence-electron chi connectivity index (χ4n) is 3.56.